The average Bonchev–Trinajstić information content (AvgIpc) is 2.42. The molecule has 1 rings (SSSR count). The van der Waals surface area contributed by atoms with Crippen molar-refractivity contribution in [2.75, 3.05) is 7.11 Å². The van der Waals surface area contributed by atoms with E-state index in [1.54, 1.807) is 6.92 Å². The number of carboxylic acid groups (broad SMARTS) is 1. The zero-order chi connectivity index (χ0) is 14.3. The topological polar surface area (TPSA) is 63.6 Å². The number of rotatable bonds is 6. The van der Waals surface area contributed by atoms with Crippen molar-refractivity contribution in [2.24, 2.45) is 0 Å². The third kappa shape index (κ3) is 4.95. The molecule has 0 bridgehead atoms. The summed E-state index contributed by atoms with van der Waals surface area (Å²) in [6, 6.07) is 9.82. The fourth-order valence-electron chi connectivity index (χ4n) is 1.75. The molecule has 0 aliphatic heterocycles. The van der Waals surface area contributed by atoms with Gasteiger partial charge >= 0.3 is 11.9 Å². The number of esters is 1. The maximum Gasteiger partial charge on any atom is 0.332 e. The number of aryl methyl sites for hydroxylation is 1. The van der Waals surface area contributed by atoms with Crippen LogP contribution in [-0.4, -0.2) is 24.2 Å². The van der Waals surface area contributed by atoms with Gasteiger partial charge in [0.2, 0.25) is 0 Å². The van der Waals surface area contributed by atoms with Crippen LogP contribution >= 0.6 is 0 Å². The van der Waals surface area contributed by atoms with Crippen LogP contribution in [-0.2, 0) is 20.7 Å². The molecule has 0 atom stereocenters. The molecule has 0 unspecified atom stereocenters. The average molecular weight is 262 g/mol. The van der Waals surface area contributed by atoms with E-state index in [1.807, 2.05) is 30.3 Å². The number of hydrogen-bond acceptors (Lipinski definition) is 3. The molecule has 0 amide bonds. The van der Waals surface area contributed by atoms with E-state index in [1.165, 1.54) is 7.11 Å². The van der Waals surface area contributed by atoms with Gasteiger partial charge in [0.05, 0.1) is 13.5 Å². The van der Waals surface area contributed by atoms with Gasteiger partial charge in [0.25, 0.3) is 0 Å². The molecule has 0 saturated carbocycles. The fourth-order valence-corrected chi connectivity index (χ4v) is 1.75. The van der Waals surface area contributed by atoms with Gasteiger partial charge in [-0.15, -0.1) is 0 Å². The first-order valence-electron chi connectivity index (χ1n) is 6.07. The van der Waals surface area contributed by atoms with Crippen molar-refractivity contribution in [3.63, 3.8) is 0 Å². The minimum Gasteiger partial charge on any atom is -0.478 e. The van der Waals surface area contributed by atoms with Crippen LogP contribution in [0.25, 0.3) is 0 Å². The van der Waals surface area contributed by atoms with Gasteiger partial charge in [-0.1, -0.05) is 35.9 Å². The lowest BCUT2D eigenvalue weighted by molar-refractivity contribution is -0.142. The van der Waals surface area contributed by atoms with Crippen molar-refractivity contribution in [3.8, 4) is 0 Å². The maximum absolute atomic E-state index is 11.2. The molecule has 1 aromatic rings. The molecular formula is C15H18O4. The van der Waals surface area contributed by atoms with E-state index in [0.717, 1.165) is 12.0 Å². The van der Waals surface area contributed by atoms with Crippen molar-refractivity contribution in [1.29, 1.82) is 0 Å². The van der Waals surface area contributed by atoms with Crippen molar-refractivity contribution in [1.82, 2.24) is 0 Å². The predicted molar refractivity (Wildman–Crippen MR) is 71.7 cm³/mol. The van der Waals surface area contributed by atoms with E-state index in [4.69, 9.17) is 5.11 Å². The van der Waals surface area contributed by atoms with Crippen molar-refractivity contribution in [2.45, 2.75) is 26.2 Å². The molecule has 0 aliphatic carbocycles. The number of benzene rings is 1. The van der Waals surface area contributed by atoms with Crippen LogP contribution in [0.4, 0.5) is 0 Å². The highest BCUT2D eigenvalue weighted by atomic mass is 16.5. The summed E-state index contributed by atoms with van der Waals surface area (Å²) in [4.78, 5) is 22.3. The smallest absolute Gasteiger partial charge is 0.332 e. The Balaban J connectivity index is 2.74. The molecule has 1 N–H and O–H groups in total. The Morgan fingerprint density at radius 2 is 1.84 bits per heavy atom. The van der Waals surface area contributed by atoms with Crippen LogP contribution < -0.4 is 0 Å². The summed E-state index contributed by atoms with van der Waals surface area (Å²) in [6.07, 6.45) is 1.18. The molecule has 19 heavy (non-hydrogen) atoms. The number of carbonyl (C=O) groups is 2. The second-order valence-corrected chi connectivity index (χ2v) is 4.30. The summed E-state index contributed by atoms with van der Waals surface area (Å²) in [7, 11) is 1.25. The molecule has 0 fully saturated rings. The lowest BCUT2D eigenvalue weighted by Crippen LogP contribution is -2.11. The molecule has 4 heteroatoms. The van der Waals surface area contributed by atoms with E-state index in [2.05, 4.69) is 4.74 Å². The summed E-state index contributed by atoms with van der Waals surface area (Å²) in [5.41, 5.74) is 1.98. The number of carboxylic acids is 1. The Morgan fingerprint density at radius 3 is 2.37 bits per heavy atom. The highest BCUT2D eigenvalue weighted by Crippen LogP contribution is 2.16. The second-order valence-electron chi connectivity index (χ2n) is 4.30. The zero-order valence-corrected chi connectivity index (χ0v) is 11.2. The van der Waals surface area contributed by atoms with Crippen LogP contribution in [0.15, 0.2) is 41.5 Å². The molecule has 0 aliphatic rings. The van der Waals surface area contributed by atoms with Crippen molar-refractivity contribution < 1.29 is 19.4 Å². The van der Waals surface area contributed by atoms with Gasteiger partial charge in [-0.2, -0.15) is 0 Å². The van der Waals surface area contributed by atoms with Gasteiger partial charge in [0.15, 0.2) is 0 Å². The van der Waals surface area contributed by atoms with Crippen LogP contribution in [0, 0.1) is 0 Å². The van der Waals surface area contributed by atoms with Gasteiger partial charge in [-0.25, -0.2) is 4.79 Å². The second kappa shape index (κ2) is 7.36. The first-order valence-corrected chi connectivity index (χ1v) is 6.07. The number of hydrogen-bond donors (Lipinski definition) is 1. The monoisotopic (exact) mass is 262 g/mol. The van der Waals surface area contributed by atoms with Gasteiger partial charge in [-0.3, -0.25) is 4.79 Å². The molecule has 102 valence electrons. The molecule has 0 aromatic heterocycles. The minimum absolute atomic E-state index is 0.128. The Labute approximate surface area is 112 Å². The molecule has 0 heterocycles. The number of carbonyl (C=O) groups excluding carboxylic acids is 1. The van der Waals surface area contributed by atoms with Gasteiger partial charge in [-0.05, 0) is 25.3 Å². The highest BCUT2D eigenvalue weighted by molar-refractivity contribution is 5.93. The molecule has 4 nitrogen and oxygen atoms in total. The summed E-state index contributed by atoms with van der Waals surface area (Å²) in [5.74, 6) is -1.59. The Hall–Kier alpha value is -2.10. The lowest BCUT2D eigenvalue weighted by Gasteiger charge is -2.08. The van der Waals surface area contributed by atoms with Crippen LogP contribution in [0.2, 0.25) is 0 Å². The number of allylic oxidation sites excluding steroid dienone is 1. The summed E-state index contributed by atoms with van der Waals surface area (Å²) < 4.78 is 4.51. The molecule has 0 radical (unpaired) electrons. The largest absolute Gasteiger partial charge is 0.478 e. The lowest BCUT2D eigenvalue weighted by atomic mass is 9.99. The Morgan fingerprint density at radius 1 is 1.21 bits per heavy atom. The third-order valence-corrected chi connectivity index (χ3v) is 2.95. The van der Waals surface area contributed by atoms with E-state index < -0.39 is 11.9 Å². The Kier molecular flexibility index (Phi) is 5.79. The standard InChI is InChI=1S/C15H18O4/c1-11(8-9-12-6-4-3-5-7-12)13(15(17)18)10-14(16)19-2/h3-7H,8-10H2,1-2H3,(H,17,18). The SMILES string of the molecule is COC(=O)CC(C(=O)O)=C(C)CCc1ccccc1. The fraction of sp³-hybridized carbons (Fsp3) is 0.333. The van der Waals surface area contributed by atoms with E-state index in [9.17, 15) is 9.59 Å². The van der Waals surface area contributed by atoms with Crippen molar-refractivity contribution in [3.05, 3.63) is 47.0 Å². The van der Waals surface area contributed by atoms with E-state index >= 15 is 0 Å². The zero-order valence-electron chi connectivity index (χ0n) is 11.2. The summed E-state index contributed by atoms with van der Waals surface area (Å²) >= 11 is 0. The summed E-state index contributed by atoms with van der Waals surface area (Å²) in [5, 5.41) is 9.12. The predicted octanol–water partition coefficient (Wildman–Crippen LogP) is 2.58. The number of aliphatic carboxylic acids is 1. The normalized spacial score (nSPS) is 11.7. The third-order valence-electron chi connectivity index (χ3n) is 2.95. The van der Waals surface area contributed by atoms with E-state index in [-0.39, 0.29) is 12.0 Å². The molecule has 0 spiro atoms. The molecule has 0 saturated heterocycles. The maximum atomic E-state index is 11.2. The number of ether oxygens (including phenoxy) is 1. The first-order chi connectivity index (χ1) is 9.04. The molecule has 1 aromatic carbocycles. The van der Waals surface area contributed by atoms with Crippen LogP contribution in [0.1, 0.15) is 25.3 Å². The minimum atomic E-state index is -1.06. The number of methoxy groups -OCH3 is 1. The van der Waals surface area contributed by atoms with Gasteiger partial charge < -0.3 is 9.84 Å². The van der Waals surface area contributed by atoms with Crippen LogP contribution in [0.3, 0.4) is 0 Å². The highest BCUT2D eigenvalue weighted by Gasteiger charge is 2.16. The van der Waals surface area contributed by atoms with Crippen molar-refractivity contribution >= 4 is 11.9 Å². The van der Waals surface area contributed by atoms with E-state index in [0.29, 0.717) is 12.0 Å². The summed E-state index contributed by atoms with van der Waals surface area (Å²) in [6.45, 7) is 1.75. The van der Waals surface area contributed by atoms with Crippen LogP contribution in [0.5, 0.6) is 0 Å². The first kappa shape index (κ1) is 15.0. The molecular weight excluding hydrogens is 244 g/mol. The Bertz CT molecular complexity index is 474. The van der Waals surface area contributed by atoms with Gasteiger partial charge in [0.1, 0.15) is 0 Å². The quantitative estimate of drug-likeness (QED) is 0.632. The van der Waals surface area contributed by atoms with Gasteiger partial charge in [0, 0.05) is 5.57 Å².